The number of carbonyl (C=O) groups is 2. The summed E-state index contributed by atoms with van der Waals surface area (Å²) in [6.07, 6.45) is 8.10. The topological polar surface area (TPSA) is 46.2 Å². The van der Waals surface area contributed by atoms with Gasteiger partial charge in [0.15, 0.2) is 5.78 Å². The van der Waals surface area contributed by atoms with Gasteiger partial charge < -0.3 is 5.32 Å². The molecule has 0 unspecified atom stereocenters. The minimum Gasteiger partial charge on any atom is -0.326 e. The van der Waals surface area contributed by atoms with E-state index in [-0.39, 0.29) is 11.7 Å². The van der Waals surface area contributed by atoms with Crippen LogP contribution in [0.15, 0.2) is 24.3 Å². The predicted octanol–water partition coefficient (Wildman–Crippen LogP) is 4.19. The average molecular weight is 273 g/mol. The highest BCUT2D eigenvalue weighted by Gasteiger charge is 2.16. The summed E-state index contributed by atoms with van der Waals surface area (Å²) in [6, 6.07) is 7.09. The van der Waals surface area contributed by atoms with E-state index in [1.165, 1.54) is 38.5 Å². The highest BCUT2D eigenvalue weighted by atomic mass is 16.1. The lowest BCUT2D eigenvalue weighted by atomic mass is 9.96. The Hall–Kier alpha value is -1.64. The van der Waals surface area contributed by atoms with Crippen LogP contribution in [0.3, 0.4) is 0 Å². The van der Waals surface area contributed by atoms with E-state index >= 15 is 0 Å². The SMILES string of the molecule is CC(=O)c1ccc(NC(=O)CC2CCCCCC2)cc1. The van der Waals surface area contributed by atoms with Crippen LogP contribution in [0, 0.1) is 5.92 Å². The predicted molar refractivity (Wildman–Crippen MR) is 80.9 cm³/mol. The highest BCUT2D eigenvalue weighted by Crippen LogP contribution is 2.25. The fourth-order valence-corrected chi connectivity index (χ4v) is 2.83. The maximum Gasteiger partial charge on any atom is 0.224 e. The molecule has 3 heteroatoms. The van der Waals surface area contributed by atoms with Gasteiger partial charge in [-0.15, -0.1) is 0 Å². The van der Waals surface area contributed by atoms with Crippen LogP contribution in [0.1, 0.15) is 62.2 Å². The van der Waals surface area contributed by atoms with E-state index in [1.54, 1.807) is 31.2 Å². The van der Waals surface area contributed by atoms with Crippen molar-refractivity contribution in [2.24, 2.45) is 5.92 Å². The first-order valence-corrected chi connectivity index (χ1v) is 7.56. The first-order valence-electron chi connectivity index (χ1n) is 7.56. The molecule has 0 heterocycles. The molecule has 20 heavy (non-hydrogen) atoms. The number of hydrogen-bond acceptors (Lipinski definition) is 2. The van der Waals surface area contributed by atoms with Gasteiger partial charge >= 0.3 is 0 Å². The Bertz CT molecular complexity index is 456. The van der Waals surface area contributed by atoms with Gasteiger partial charge in [0.1, 0.15) is 0 Å². The smallest absolute Gasteiger partial charge is 0.224 e. The fourth-order valence-electron chi connectivity index (χ4n) is 2.83. The summed E-state index contributed by atoms with van der Waals surface area (Å²) in [5.74, 6) is 0.669. The van der Waals surface area contributed by atoms with Crippen molar-refractivity contribution in [3.63, 3.8) is 0 Å². The highest BCUT2D eigenvalue weighted by molar-refractivity contribution is 5.95. The van der Waals surface area contributed by atoms with E-state index in [2.05, 4.69) is 5.32 Å². The molecule has 0 saturated heterocycles. The van der Waals surface area contributed by atoms with Crippen molar-refractivity contribution >= 4 is 17.4 Å². The molecule has 0 aromatic heterocycles. The molecule has 1 fully saturated rings. The van der Waals surface area contributed by atoms with Gasteiger partial charge in [-0.1, -0.05) is 25.7 Å². The van der Waals surface area contributed by atoms with Gasteiger partial charge in [-0.05, 0) is 49.9 Å². The molecule has 1 amide bonds. The summed E-state index contributed by atoms with van der Waals surface area (Å²) in [5, 5.41) is 2.93. The van der Waals surface area contributed by atoms with Crippen LogP contribution in [0.4, 0.5) is 5.69 Å². The van der Waals surface area contributed by atoms with Gasteiger partial charge in [-0.2, -0.15) is 0 Å². The van der Waals surface area contributed by atoms with Crippen molar-refractivity contribution in [3.8, 4) is 0 Å². The standard InChI is InChI=1S/C17H23NO2/c1-13(19)15-8-10-16(11-9-15)18-17(20)12-14-6-4-2-3-5-7-14/h8-11,14H,2-7,12H2,1H3,(H,18,20). The van der Waals surface area contributed by atoms with Crippen molar-refractivity contribution < 1.29 is 9.59 Å². The van der Waals surface area contributed by atoms with Crippen LogP contribution in [-0.4, -0.2) is 11.7 Å². The van der Waals surface area contributed by atoms with E-state index in [0.29, 0.717) is 17.9 Å². The van der Waals surface area contributed by atoms with E-state index in [9.17, 15) is 9.59 Å². The number of rotatable bonds is 4. The zero-order chi connectivity index (χ0) is 14.4. The lowest BCUT2D eigenvalue weighted by Crippen LogP contribution is -2.16. The summed E-state index contributed by atoms with van der Waals surface area (Å²) < 4.78 is 0. The normalized spacial score (nSPS) is 16.4. The molecule has 1 saturated carbocycles. The third kappa shape index (κ3) is 4.48. The molecule has 0 bridgehead atoms. The number of nitrogens with one attached hydrogen (secondary N) is 1. The Kier molecular flexibility index (Phi) is 5.33. The third-order valence-electron chi connectivity index (χ3n) is 4.02. The summed E-state index contributed by atoms with van der Waals surface area (Å²) in [5.41, 5.74) is 1.44. The zero-order valence-corrected chi connectivity index (χ0v) is 12.2. The second kappa shape index (κ2) is 7.22. The number of Topliss-reactive ketones (excluding diaryl/α,β-unsaturated/α-hetero) is 1. The molecule has 3 nitrogen and oxygen atoms in total. The van der Waals surface area contributed by atoms with E-state index in [1.807, 2.05) is 0 Å². The van der Waals surface area contributed by atoms with Gasteiger partial charge in [0.05, 0.1) is 0 Å². The summed E-state index contributed by atoms with van der Waals surface area (Å²) >= 11 is 0. The van der Waals surface area contributed by atoms with Crippen molar-refractivity contribution in [3.05, 3.63) is 29.8 Å². The van der Waals surface area contributed by atoms with Crippen molar-refractivity contribution in [2.75, 3.05) is 5.32 Å². The second-order valence-electron chi connectivity index (χ2n) is 5.74. The maximum absolute atomic E-state index is 12.0. The molecule has 108 valence electrons. The number of ketones is 1. The maximum atomic E-state index is 12.0. The summed E-state index contributed by atoms with van der Waals surface area (Å²) in [6.45, 7) is 1.54. The van der Waals surface area contributed by atoms with E-state index in [0.717, 1.165) is 5.69 Å². The minimum atomic E-state index is 0.0429. The Morgan fingerprint density at radius 3 is 2.20 bits per heavy atom. The van der Waals surface area contributed by atoms with Crippen LogP contribution in [0.5, 0.6) is 0 Å². The van der Waals surface area contributed by atoms with Gasteiger partial charge in [0, 0.05) is 17.7 Å². The number of anilines is 1. The van der Waals surface area contributed by atoms with Crippen LogP contribution < -0.4 is 5.32 Å². The molecule has 0 radical (unpaired) electrons. The Morgan fingerprint density at radius 1 is 1.05 bits per heavy atom. The molecule has 0 atom stereocenters. The number of carbonyl (C=O) groups excluding carboxylic acids is 2. The monoisotopic (exact) mass is 273 g/mol. The second-order valence-corrected chi connectivity index (χ2v) is 5.74. The molecular weight excluding hydrogens is 250 g/mol. The Labute approximate surface area is 120 Å². The van der Waals surface area contributed by atoms with Crippen LogP contribution in [0.25, 0.3) is 0 Å². The van der Waals surface area contributed by atoms with Crippen molar-refractivity contribution in [1.82, 2.24) is 0 Å². The van der Waals surface area contributed by atoms with Crippen molar-refractivity contribution in [2.45, 2.75) is 51.9 Å². The molecule has 1 aromatic carbocycles. The summed E-state index contributed by atoms with van der Waals surface area (Å²) in [7, 11) is 0. The van der Waals surface area contributed by atoms with Crippen LogP contribution in [0.2, 0.25) is 0 Å². The Balaban J connectivity index is 1.85. The number of hydrogen-bond donors (Lipinski definition) is 1. The molecule has 0 aliphatic heterocycles. The fraction of sp³-hybridized carbons (Fsp3) is 0.529. The molecule has 2 rings (SSSR count). The third-order valence-corrected chi connectivity index (χ3v) is 4.02. The number of benzene rings is 1. The van der Waals surface area contributed by atoms with Crippen molar-refractivity contribution in [1.29, 1.82) is 0 Å². The van der Waals surface area contributed by atoms with E-state index in [4.69, 9.17) is 0 Å². The van der Waals surface area contributed by atoms with Gasteiger partial charge in [-0.25, -0.2) is 0 Å². The van der Waals surface area contributed by atoms with Gasteiger partial charge in [-0.3, -0.25) is 9.59 Å². The molecule has 1 aromatic rings. The largest absolute Gasteiger partial charge is 0.326 e. The Morgan fingerprint density at radius 2 is 1.65 bits per heavy atom. The lowest BCUT2D eigenvalue weighted by molar-refractivity contribution is -0.117. The quantitative estimate of drug-likeness (QED) is 0.660. The molecule has 1 aliphatic rings. The lowest BCUT2D eigenvalue weighted by Gasteiger charge is -2.13. The summed E-state index contributed by atoms with van der Waals surface area (Å²) in [4.78, 5) is 23.2. The molecule has 1 N–H and O–H groups in total. The average Bonchev–Trinajstić information content (AvgIpc) is 2.68. The zero-order valence-electron chi connectivity index (χ0n) is 12.2. The molecular formula is C17H23NO2. The number of amides is 1. The van der Waals surface area contributed by atoms with Gasteiger partial charge in [0.2, 0.25) is 5.91 Å². The van der Waals surface area contributed by atoms with Crippen LogP contribution >= 0.6 is 0 Å². The molecule has 1 aliphatic carbocycles. The molecule has 0 spiro atoms. The first kappa shape index (κ1) is 14.8. The minimum absolute atomic E-state index is 0.0429. The van der Waals surface area contributed by atoms with Crippen LogP contribution in [-0.2, 0) is 4.79 Å². The van der Waals surface area contributed by atoms with E-state index < -0.39 is 0 Å². The first-order chi connectivity index (χ1) is 9.65. The van der Waals surface area contributed by atoms with Gasteiger partial charge in [0.25, 0.3) is 0 Å².